The van der Waals surface area contributed by atoms with Gasteiger partial charge in [0.05, 0.1) is 12.7 Å². The van der Waals surface area contributed by atoms with Crippen LogP contribution in [0.1, 0.15) is 0 Å². The minimum atomic E-state index is -1.10. The topological polar surface area (TPSA) is 88.0 Å². The Morgan fingerprint density at radius 3 is 2.77 bits per heavy atom. The highest BCUT2D eigenvalue weighted by molar-refractivity contribution is 6.10. The van der Waals surface area contributed by atoms with Crippen LogP contribution >= 0.6 is 0 Å². The smallest absolute Gasteiger partial charge is 0.349 e. The number of ether oxygens (including phenoxy) is 1. The lowest BCUT2D eigenvalue weighted by Gasteiger charge is -2.12. The Morgan fingerprint density at radius 1 is 1.69 bits per heavy atom. The second kappa shape index (κ2) is 3.70. The van der Waals surface area contributed by atoms with E-state index < -0.39 is 18.1 Å². The zero-order valence-electron chi connectivity index (χ0n) is 6.85. The first-order chi connectivity index (χ1) is 6.15. The third-order valence-corrected chi connectivity index (χ3v) is 1.41. The van der Waals surface area contributed by atoms with Crippen molar-refractivity contribution in [3.8, 4) is 0 Å². The highest BCUT2D eigenvalue weighted by Crippen LogP contribution is 2.00. The fourth-order valence-corrected chi connectivity index (χ4v) is 0.768. The van der Waals surface area contributed by atoms with E-state index in [0.717, 1.165) is 0 Å². The lowest BCUT2D eigenvalue weighted by molar-refractivity contribution is -0.139. The van der Waals surface area contributed by atoms with E-state index in [9.17, 15) is 9.59 Å². The number of carbonyl (C=O) groups excluding carboxylic acids is 1. The van der Waals surface area contributed by atoms with Gasteiger partial charge in [-0.25, -0.2) is 9.59 Å². The molecule has 0 aromatic carbocycles. The van der Waals surface area contributed by atoms with Crippen molar-refractivity contribution in [3.63, 3.8) is 0 Å². The van der Waals surface area contributed by atoms with Crippen LogP contribution in [-0.4, -0.2) is 36.5 Å². The minimum absolute atomic E-state index is 0.194. The molecule has 0 spiro atoms. The first kappa shape index (κ1) is 9.24. The molecule has 0 radical (unpaired) electrons. The number of carboxylic acid groups (broad SMARTS) is 1. The molecule has 0 bridgehead atoms. The number of aliphatic imine (C=N–C) groups is 1. The summed E-state index contributed by atoms with van der Waals surface area (Å²) in [6.45, 7) is 0. The lowest BCUT2D eigenvalue weighted by atomic mass is 10.3. The van der Waals surface area contributed by atoms with Gasteiger partial charge in [-0.3, -0.25) is 4.99 Å². The van der Waals surface area contributed by atoms with Crippen molar-refractivity contribution in [1.29, 1.82) is 0 Å². The molecule has 0 aliphatic carbocycles. The normalized spacial score (nSPS) is 20.1. The number of hydrogen-bond donors (Lipinski definition) is 2. The molecule has 0 aromatic heterocycles. The number of carboxylic acids is 1. The molecular weight excluding hydrogens is 176 g/mol. The van der Waals surface area contributed by atoms with Gasteiger partial charge in [-0.05, 0) is 0 Å². The van der Waals surface area contributed by atoms with Crippen LogP contribution < -0.4 is 5.32 Å². The summed E-state index contributed by atoms with van der Waals surface area (Å²) in [5.41, 5.74) is 0.194. The van der Waals surface area contributed by atoms with Gasteiger partial charge < -0.3 is 15.2 Å². The fourth-order valence-electron chi connectivity index (χ4n) is 0.768. The average molecular weight is 184 g/mol. The van der Waals surface area contributed by atoms with Gasteiger partial charge >= 0.3 is 11.9 Å². The maximum Gasteiger partial charge on any atom is 0.349 e. The molecule has 70 valence electrons. The van der Waals surface area contributed by atoms with Gasteiger partial charge in [0.25, 0.3) is 0 Å². The van der Waals surface area contributed by atoms with Crippen molar-refractivity contribution in [1.82, 2.24) is 5.32 Å². The molecule has 0 saturated heterocycles. The number of carbonyl (C=O) groups is 2. The Balaban J connectivity index is 2.65. The van der Waals surface area contributed by atoms with Crippen LogP contribution in [0.25, 0.3) is 0 Å². The van der Waals surface area contributed by atoms with E-state index in [1.54, 1.807) is 0 Å². The summed E-state index contributed by atoms with van der Waals surface area (Å²) >= 11 is 0. The Hall–Kier alpha value is -1.85. The summed E-state index contributed by atoms with van der Waals surface area (Å²) in [5, 5.41) is 10.9. The first-order valence-electron chi connectivity index (χ1n) is 3.45. The molecule has 13 heavy (non-hydrogen) atoms. The molecule has 1 atom stereocenters. The predicted molar refractivity (Wildman–Crippen MR) is 43.2 cm³/mol. The van der Waals surface area contributed by atoms with Crippen LogP contribution in [0.4, 0.5) is 0 Å². The maximum absolute atomic E-state index is 10.9. The standard InChI is InChI=1S/C7H8N2O4/c1-13-7(12)4-2-8-5(6(10)11)9-3-4/h2-3,5,8H,1H3,(H,10,11). The molecule has 1 unspecified atom stereocenters. The third kappa shape index (κ3) is 2.05. The second-order valence-electron chi connectivity index (χ2n) is 2.28. The minimum Gasteiger partial charge on any atom is -0.478 e. The predicted octanol–water partition coefficient (Wildman–Crippen LogP) is -0.872. The second-order valence-corrected chi connectivity index (χ2v) is 2.28. The van der Waals surface area contributed by atoms with Crippen LogP contribution in [0.15, 0.2) is 16.8 Å². The molecule has 1 aliphatic heterocycles. The van der Waals surface area contributed by atoms with Gasteiger partial charge in [-0.2, -0.15) is 0 Å². The Kier molecular flexibility index (Phi) is 2.63. The summed E-state index contributed by atoms with van der Waals surface area (Å²) in [5.74, 6) is -1.66. The molecule has 0 aromatic rings. The SMILES string of the molecule is COC(=O)C1=CNC(C(=O)O)N=C1. The number of nitrogens with zero attached hydrogens (tertiary/aromatic N) is 1. The third-order valence-electron chi connectivity index (χ3n) is 1.41. The quantitative estimate of drug-likeness (QED) is 0.544. The molecule has 0 fully saturated rings. The van der Waals surface area contributed by atoms with E-state index in [1.165, 1.54) is 19.5 Å². The van der Waals surface area contributed by atoms with Gasteiger partial charge in [0, 0.05) is 12.4 Å². The average Bonchev–Trinajstić information content (AvgIpc) is 2.17. The van der Waals surface area contributed by atoms with Crippen molar-refractivity contribution in [2.24, 2.45) is 4.99 Å². The van der Waals surface area contributed by atoms with E-state index in [-0.39, 0.29) is 5.57 Å². The zero-order valence-corrected chi connectivity index (χ0v) is 6.85. The van der Waals surface area contributed by atoms with Crippen molar-refractivity contribution >= 4 is 18.2 Å². The van der Waals surface area contributed by atoms with Gasteiger partial charge in [0.15, 0.2) is 0 Å². The van der Waals surface area contributed by atoms with Crippen molar-refractivity contribution in [2.45, 2.75) is 6.17 Å². The van der Waals surface area contributed by atoms with Crippen molar-refractivity contribution < 1.29 is 19.4 Å². The van der Waals surface area contributed by atoms with E-state index in [1.807, 2.05) is 0 Å². The molecule has 0 amide bonds. The maximum atomic E-state index is 10.9. The number of methoxy groups -OCH3 is 1. The van der Waals surface area contributed by atoms with Crippen LogP contribution in [0.3, 0.4) is 0 Å². The van der Waals surface area contributed by atoms with E-state index in [0.29, 0.717) is 0 Å². The molecule has 0 saturated carbocycles. The fraction of sp³-hybridized carbons (Fsp3) is 0.286. The molecule has 6 heteroatoms. The number of rotatable bonds is 2. The van der Waals surface area contributed by atoms with Gasteiger partial charge in [-0.1, -0.05) is 0 Å². The van der Waals surface area contributed by atoms with Gasteiger partial charge in [0.1, 0.15) is 0 Å². The lowest BCUT2D eigenvalue weighted by Crippen LogP contribution is -2.34. The molecule has 2 N–H and O–H groups in total. The van der Waals surface area contributed by atoms with E-state index >= 15 is 0 Å². The van der Waals surface area contributed by atoms with E-state index in [2.05, 4.69) is 15.0 Å². The van der Waals surface area contributed by atoms with Crippen molar-refractivity contribution in [3.05, 3.63) is 11.8 Å². The largest absolute Gasteiger partial charge is 0.478 e. The summed E-state index contributed by atoms with van der Waals surface area (Å²) in [6.07, 6.45) is 1.41. The van der Waals surface area contributed by atoms with Crippen LogP contribution in [0, 0.1) is 0 Å². The molecule has 1 rings (SSSR count). The molecule has 1 aliphatic rings. The zero-order chi connectivity index (χ0) is 9.84. The van der Waals surface area contributed by atoms with Crippen LogP contribution in [-0.2, 0) is 14.3 Å². The highest BCUT2D eigenvalue weighted by Gasteiger charge is 2.18. The highest BCUT2D eigenvalue weighted by atomic mass is 16.5. The summed E-state index contributed by atoms with van der Waals surface area (Å²) in [7, 11) is 1.24. The number of nitrogens with one attached hydrogen (secondary N) is 1. The first-order valence-corrected chi connectivity index (χ1v) is 3.45. The van der Waals surface area contributed by atoms with Gasteiger partial charge in [-0.15, -0.1) is 0 Å². The van der Waals surface area contributed by atoms with Crippen molar-refractivity contribution in [2.75, 3.05) is 7.11 Å². The number of hydrogen-bond acceptors (Lipinski definition) is 5. The monoisotopic (exact) mass is 184 g/mol. The Bertz CT molecular complexity index is 295. The van der Waals surface area contributed by atoms with E-state index in [4.69, 9.17) is 5.11 Å². The summed E-state index contributed by atoms with van der Waals surface area (Å²) in [4.78, 5) is 24.8. The summed E-state index contributed by atoms with van der Waals surface area (Å²) < 4.78 is 4.40. The summed E-state index contributed by atoms with van der Waals surface area (Å²) in [6, 6.07) is 0. The molecule has 1 heterocycles. The molecular formula is C7H8N2O4. The van der Waals surface area contributed by atoms with Crippen LogP contribution in [0.2, 0.25) is 0 Å². The molecule has 6 nitrogen and oxygen atoms in total. The number of esters is 1. The Morgan fingerprint density at radius 2 is 2.38 bits per heavy atom. The van der Waals surface area contributed by atoms with Gasteiger partial charge in [0.2, 0.25) is 6.17 Å². The Labute approximate surface area is 73.9 Å². The number of aliphatic carboxylic acids is 1. The van der Waals surface area contributed by atoms with Crippen LogP contribution in [0.5, 0.6) is 0 Å².